The Morgan fingerprint density at radius 1 is 0.952 bits per heavy atom. The van der Waals surface area contributed by atoms with E-state index in [2.05, 4.69) is 10.6 Å². The largest absolute Gasteiger partial charge is 0.444 e. The second-order valence-electron chi connectivity index (χ2n) is 11.2. The third kappa shape index (κ3) is 7.65. The van der Waals surface area contributed by atoms with Gasteiger partial charge in [-0.15, -0.1) is 0 Å². The van der Waals surface area contributed by atoms with E-state index < -0.39 is 53.9 Å². The Hall–Kier alpha value is -3.96. The molecule has 0 aliphatic carbocycles. The first-order valence-corrected chi connectivity index (χ1v) is 14.7. The van der Waals surface area contributed by atoms with E-state index in [1.165, 1.54) is 4.90 Å². The summed E-state index contributed by atoms with van der Waals surface area (Å²) < 4.78 is 5.31. The van der Waals surface area contributed by atoms with Gasteiger partial charge in [-0.1, -0.05) is 70.9 Å². The van der Waals surface area contributed by atoms with Crippen LogP contribution in [-0.4, -0.2) is 76.1 Å². The van der Waals surface area contributed by atoms with Crippen molar-refractivity contribution in [1.29, 1.82) is 0 Å². The van der Waals surface area contributed by atoms with Crippen molar-refractivity contribution >= 4 is 35.6 Å². The number of nitrogens with zero attached hydrogens (tertiary/aromatic N) is 2. The zero-order valence-electron chi connectivity index (χ0n) is 24.8. The average molecular weight is 586 g/mol. The molecule has 0 saturated carbocycles. The average Bonchev–Trinajstić information content (AvgIpc) is 3.64. The molecule has 230 valence electrons. The quantitative estimate of drug-likeness (QED) is 0.336. The number of likely N-dealkylation sites (tertiary alicyclic amines) is 2. The lowest BCUT2D eigenvalue weighted by Gasteiger charge is -2.33. The number of hydrogen-bond acceptors (Lipinski definition) is 7. The number of primary amides is 1. The van der Waals surface area contributed by atoms with Gasteiger partial charge in [0.25, 0.3) is 0 Å². The molecule has 12 nitrogen and oxygen atoms in total. The van der Waals surface area contributed by atoms with Gasteiger partial charge in [0.2, 0.25) is 29.5 Å². The molecule has 12 heteroatoms. The van der Waals surface area contributed by atoms with Gasteiger partial charge >= 0.3 is 6.09 Å². The van der Waals surface area contributed by atoms with Crippen molar-refractivity contribution in [2.24, 2.45) is 17.6 Å². The highest BCUT2D eigenvalue weighted by atomic mass is 16.6. The van der Waals surface area contributed by atoms with Crippen LogP contribution in [-0.2, 0) is 35.3 Å². The number of benzene rings is 1. The predicted octanol–water partition coefficient (Wildman–Crippen LogP) is 1.85. The van der Waals surface area contributed by atoms with E-state index in [4.69, 9.17) is 10.5 Å². The van der Waals surface area contributed by atoms with E-state index in [9.17, 15) is 28.8 Å². The standard InChI is InChI=1S/C30H43N5O7/c1-5-18(3)24(28(39)33-25(19(4)6-2)29(40)34-16-10-13-21(34)26(31)37)32-27(38)22-14-15-23(36)35(22)30(41)42-17-20-11-8-7-9-12-20/h7-9,11-12,18-19,21-22,24-25H,5-6,10,13-17H2,1-4H3,(H2,31,37)(H,32,38)(H,33,39)/t18-,19+,21-,22+,24+,25+/m1/s1. The molecule has 2 fully saturated rings. The van der Waals surface area contributed by atoms with Gasteiger partial charge in [-0.05, 0) is 36.7 Å². The highest BCUT2D eigenvalue weighted by molar-refractivity contribution is 6.02. The molecule has 4 N–H and O–H groups in total. The lowest BCUT2D eigenvalue weighted by atomic mass is 9.94. The first-order chi connectivity index (χ1) is 20.0. The summed E-state index contributed by atoms with van der Waals surface area (Å²) in [5, 5.41) is 5.56. The van der Waals surface area contributed by atoms with Crippen molar-refractivity contribution in [3.63, 3.8) is 0 Å². The first-order valence-electron chi connectivity index (χ1n) is 14.7. The van der Waals surface area contributed by atoms with Crippen LogP contribution in [0.2, 0.25) is 0 Å². The molecule has 3 rings (SSSR count). The highest BCUT2D eigenvalue weighted by Crippen LogP contribution is 2.23. The van der Waals surface area contributed by atoms with E-state index in [0.29, 0.717) is 32.2 Å². The fourth-order valence-electron chi connectivity index (χ4n) is 5.33. The topological polar surface area (TPSA) is 168 Å². The Labute approximate surface area is 246 Å². The lowest BCUT2D eigenvalue weighted by Crippen LogP contribution is -2.60. The maximum absolute atomic E-state index is 13.6. The zero-order valence-corrected chi connectivity index (χ0v) is 24.8. The Morgan fingerprint density at radius 2 is 1.60 bits per heavy atom. The van der Waals surface area contributed by atoms with Crippen molar-refractivity contribution < 1.29 is 33.5 Å². The van der Waals surface area contributed by atoms with Crippen molar-refractivity contribution in [1.82, 2.24) is 20.4 Å². The molecule has 2 heterocycles. The third-order valence-corrected chi connectivity index (χ3v) is 8.35. The van der Waals surface area contributed by atoms with Crippen LogP contribution < -0.4 is 16.4 Å². The number of ether oxygens (including phenoxy) is 1. The summed E-state index contributed by atoms with van der Waals surface area (Å²) in [7, 11) is 0. The van der Waals surface area contributed by atoms with E-state index in [1.807, 2.05) is 26.8 Å². The number of rotatable bonds is 12. The molecule has 1 aromatic rings. The normalized spacial score (nSPS) is 21.3. The number of hydrogen-bond donors (Lipinski definition) is 3. The molecular weight excluding hydrogens is 542 g/mol. The van der Waals surface area contributed by atoms with Gasteiger partial charge in [0.15, 0.2) is 0 Å². The number of nitrogens with one attached hydrogen (secondary N) is 2. The monoisotopic (exact) mass is 585 g/mol. The number of amides is 6. The number of nitrogens with two attached hydrogens (primary N) is 1. The van der Waals surface area contributed by atoms with Crippen molar-refractivity contribution in [2.45, 2.75) is 97.0 Å². The number of imide groups is 1. The summed E-state index contributed by atoms with van der Waals surface area (Å²) >= 11 is 0. The summed E-state index contributed by atoms with van der Waals surface area (Å²) in [5.74, 6) is -3.31. The van der Waals surface area contributed by atoms with Crippen molar-refractivity contribution in [3.05, 3.63) is 35.9 Å². The summed E-state index contributed by atoms with van der Waals surface area (Å²) in [5.41, 5.74) is 6.25. The molecule has 6 amide bonds. The van der Waals surface area contributed by atoms with Crippen molar-refractivity contribution in [2.75, 3.05) is 6.54 Å². The van der Waals surface area contributed by atoms with Gasteiger partial charge in [0, 0.05) is 13.0 Å². The summed E-state index contributed by atoms with van der Waals surface area (Å²) in [4.78, 5) is 80.2. The highest BCUT2D eigenvalue weighted by Gasteiger charge is 2.44. The van der Waals surface area contributed by atoms with E-state index >= 15 is 0 Å². The number of carbonyl (C=O) groups excluding carboxylic acids is 6. The molecule has 6 atom stereocenters. The minimum atomic E-state index is -1.13. The third-order valence-electron chi connectivity index (χ3n) is 8.35. The molecule has 0 radical (unpaired) electrons. The zero-order chi connectivity index (χ0) is 31.0. The van der Waals surface area contributed by atoms with E-state index in [-0.39, 0.29) is 37.2 Å². The van der Waals surface area contributed by atoms with Crippen LogP contribution in [0.5, 0.6) is 0 Å². The van der Waals surface area contributed by atoms with Gasteiger partial charge < -0.3 is 26.0 Å². The number of carbonyl (C=O) groups is 6. The van der Waals surface area contributed by atoms with Crippen LogP contribution in [0.25, 0.3) is 0 Å². The van der Waals surface area contributed by atoms with Crippen LogP contribution in [0, 0.1) is 11.8 Å². The SMILES string of the molecule is CC[C@@H](C)[C@H](NC(=O)[C@@H]1CCC(=O)N1C(=O)OCc1ccccc1)C(=O)N[C@H](C(=O)N1CCC[C@@H]1C(N)=O)[C@@H](C)CC. The molecule has 1 aromatic carbocycles. The molecule has 0 spiro atoms. The van der Waals surface area contributed by atoms with Crippen LogP contribution >= 0.6 is 0 Å². The van der Waals surface area contributed by atoms with Gasteiger partial charge in [-0.2, -0.15) is 0 Å². The summed E-state index contributed by atoms with van der Waals surface area (Å²) in [6.07, 6.45) is 1.37. The Balaban J connectivity index is 1.73. The van der Waals surface area contributed by atoms with Crippen molar-refractivity contribution in [3.8, 4) is 0 Å². The van der Waals surface area contributed by atoms with Crippen LogP contribution in [0.4, 0.5) is 4.79 Å². The second-order valence-corrected chi connectivity index (χ2v) is 11.2. The Bertz CT molecular complexity index is 1160. The maximum atomic E-state index is 13.6. The van der Waals surface area contributed by atoms with Crippen LogP contribution in [0.3, 0.4) is 0 Å². The van der Waals surface area contributed by atoms with Gasteiger partial charge in [-0.25, -0.2) is 9.69 Å². The van der Waals surface area contributed by atoms with Crippen LogP contribution in [0.1, 0.15) is 71.8 Å². The molecule has 0 aromatic heterocycles. The molecule has 2 aliphatic rings. The second kappa shape index (κ2) is 14.8. The molecule has 0 bridgehead atoms. The first kappa shape index (κ1) is 32.6. The van der Waals surface area contributed by atoms with Crippen LogP contribution in [0.15, 0.2) is 30.3 Å². The molecule has 2 aliphatic heterocycles. The Morgan fingerprint density at radius 3 is 2.21 bits per heavy atom. The maximum Gasteiger partial charge on any atom is 0.417 e. The lowest BCUT2D eigenvalue weighted by molar-refractivity contribution is -0.142. The molecule has 2 saturated heterocycles. The summed E-state index contributed by atoms with van der Waals surface area (Å²) in [6, 6.07) is 5.13. The van der Waals surface area contributed by atoms with Gasteiger partial charge in [-0.3, -0.25) is 24.0 Å². The minimum absolute atomic E-state index is 0.0137. The van der Waals surface area contributed by atoms with E-state index in [1.54, 1.807) is 31.2 Å². The predicted molar refractivity (Wildman–Crippen MR) is 153 cm³/mol. The Kier molecular flexibility index (Phi) is 11.5. The smallest absolute Gasteiger partial charge is 0.417 e. The van der Waals surface area contributed by atoms with Gasteiger partial charge in [0.1, 0.15) is 30.8 Å². The molecule has 0 unspecified atom stereocenters. The fourth-order valence-corrected chi connectivity index (χ4v) is 5.33. The molecular formula is C30H43N5O7. The van der Waals surface area contributed by atoms with E-state index in [0.717, 1.165) is 10.5 Å². The fraction of sp³-hybridized carbons (Fsp3) is 0.600. The molecule has 42 heavy (non-hydrogen) atoms. The summed E-state index contributed by atoms with van der Waals surface area (Å²) in [6.45, 7) is 7.69. The van der Waals surface area contributed by atoms with Gasteiger partial charge in [0.05, 0.1) is 0 Å². The minimum Gasteiger partial charge on any atom is -0.444 e.